The molecule has 0 aliphatic rings. The summed E-state index contributed by atoms with van der Waals surface area (Å²) in [5.41, 5.74) is 0.456. The lowest BCUT2D eigenvalue weighted by Crippen LogP contribution is -2.13. The lowest BCUT2D eigenvalue weighted by Gasteiger charge is -2.13. The number of nitrogens with one attached hydrogen (secondary N) is 1. The average molecular weight is 362 g/mol. The molecule has 0 saturated carbocycles. The van der Waals surface area contributed by atoms with Gasteiger partial charge in [0.05, 0.1) is 11.5 Å². The topological polar surface area (TPSA) is 55.4 Å². The molecule has 0 atom stereocenters. The number of fused-ring (bicyclic) bond motifs is 1. The van der Waals surface area contributed by atoms with Gasteiger partial charge in [-0.25, -0.2) is 8.42 Å². The Labute approximate surface area is 146 Å². The maximum absolute atomic E-state index is 12.8. The molecule has 1 N–H and O–H groups in total. The minimum Gasteiger partial charge on any atom is -0.493 e. The van der Waals surface area contributed by atoms with E-state index in [1.807, 2.05) is 19.1 Å². The van der Waals surface area contributed by atoms with E-state index in [2.05, 4.69) is 4.72 Å². The van der Waals surface area contributed by atoms with Crippen LogP contribution >= 0.6 is 11.6 Å². The van der Waals surface area contributed by atoms with Crippen LogP contribution in [-0.4, -0.2) is 15.0 Å². The summed E-state index contributed by atoms with van der Waals surface area (Å²) in [4.78, 5) is 0.205. The van der Waals surface area contributed by atoms with Crippen molar-refractivity contribution in [3.8, 4) is 5.75 Å². The van der Waals surface area contributed by atoms with Gasteiger partial charge in [-0.2, -0.15) is 0 Å². The van der Waals surface area contributed by atoms with Crippen molar-refractivity contribution >= 4 is 38.1 Å². The van der Waals surface area contributed by atoms with E-state index in [1.54, 1.807) is 48.5 Å². The summed E-state index contributed by atoms with van der Waals surface area (Å²) >= 11 is 5.83. The van der Waals surface area contributed by atoms with Crippen molar-refractivity contribution in [1.29, 1.82) is 0 Å². The fourth-order valence-electron chi connectivity index (χ4n) is 2.49. The van der Waals surface area contributed by atoms with Gasteiger partial charge in [-0.3, -0.25) is 4.72 Å². The fraction of sp³-hybridized carbons (Fsp3) is 0.111. The van der Waals surface area contributed by atoms with E-state index in [1.165, 1.54) is 0 Å². The summed E-state index contributed by atoms with van der Waals surface area (Å²) in [6, 6.07) is 17.0. The van der Waals surface area contributed by atoms with E-state index < -0.39 is 10.0 Å². The van der Waals surface area contributed by atoms with Crippen molar-refractivity contribution in [3.63, 3.8) is 0 Å². The van der Waals surface area contributed by atoms with Crippen LogP contribution in [0.25, 0.3) is 10.8 Å². The Morgan fingerprint density at radius 2 is 1.62 bits per heavy atom. The van der Waals surface area contributed by atoms with Crippen LogP contribution in [0.5, 0.6) is 5.75 Å². The fourth-order valence-corrected chi connectivity index (χ4v) is 3.88. The van der Waals surface area contributed by atoms with Gasteiger partial charge in [0.1, 0.15) is 5.75 Å². The average Bonchev–Trinajstić information content (AvgIpc) is 2.57. The van der Waals surface area contributed by atoms with Gasteiger partial charge >= 0.3 is 0 Å². The molecular weight excluding hydrogens is 346 g/mol. The van der Waals surface area contributed by atoms with Crippen molar-refractivity contribution in [2.75, 3.05) is 11.3 Å². The zero-order chi connectivity index (χ0) is 17.2. The molecule has 24 heavy (non-hydrogen) atoms. The second-order valence-corrected chi connectivity index (χ2v) is 7.24. The molecule has 0 spiro atoms. The highest BCUT2D eigenvalue weighted by Crippen LogP contribution is 2.32. The molecular formula is C18H16ClNO3S. The number of rotatable bonds is 5. The van der Waals surface area contributed by atoms with E-state index in [9.17, 15) is 8.42 Å². The van der Waals surface area contributed by atoms with Crippen LogP contribution in [-0.2, 0) is 10.0 Å². The number of hydrogen-bond donors (Lipinski definition) is 1. The lowest BCUT2D eigenvalue weighted by molar-refractivity contribution is 0.344. The quantitative estimate of drug-likeness (QED) is 0.717. The summed E-state index contributed by atoms with van der Waals surface area (Å²) < 4.78 is 33.7. The van der Waals surface area contributed by atoms with E-state index in [-0.39, 0.29) is 4.90 Å². The van der Waals surface area contributed by atoms with E-state index in [4.69, 9.17) is 16.3 Å². The summed E-state index contributed by atoms with van der Waals surface area (Å²) in [7, 11) is -3.73. The smallest absolute Gasteiger partial charge is 0.262 e. The molecule has 0 aliphatic heterocycles. The van der Waals surface area contributed by atoms with Gasteiger partial charge < -0.3 is 4.74 Å². The molecule has 0 heterocycles. The van der Waals surface area contributed by atoms with E-state index in [0.29, 0.717) is 28.5 Å². The standard InChI is InChI=1S/C18H16ClNO3S/c1-2-23-17-11-12-18(16-6-4-3-5-15(16)17)24(21,22)20-14-9-7-13(19)8-10-14/h3-12,20H,2H2,1H3. The minimum absolute atomic E-state index is 0.205. The number of anilines is 1. The molecule has 0 amide bonds. The maximum Gasteiger partial charge on any atom is 0.262 e. The number of hydrogen-bond acceptors (Lipinski definition) is 3. The maximum atomic E-state index is 12.8. The molecule has 4 nitrogen and oxygen atoms in total. The van der Waals surface area contributed by atoms with Gasteiger partial charge in [-0.1, -0.05) is 35.9 Å². The predicted molar refractivity (Wildman–Crippen MR) is 97.4 cm³/mol. The van der Waals surface area contributed by atoms with Gasteiger partial charge in [0.2, 0.25) is 0 Å². The summed E-state index contributed by atoms with van der Waals surface area (Å²) in [6.45, 7) is 2.40. The lowest BCUT2D eigenvalue weighted by atomic mass is 10.1. The zero-order valence-corrected chi connectivity index (χ0v) is 14.6. The largest absolute Gasteiger partial charge is 0.493 e. The second-order valence-electron chi connectivity index (χ2n) is 5.15. The SMILES string of the molecule is CCOc1ccc(S(=O)(=O)Nc2ccc(Cl)cc2)c2ccccc12. The first-order valence-electron chi connectivity index (χ1n) is 7.44. The first-order chi connectivity index (χ1) is 11.5. The third kappa shape index (κ3) is 3.32. The Kier molecular flexibility index (Phi) is 4.64. The molecule has 3 aromatic rings. The number of sulfonamides is 1. The predicted octanol–water partition coefficient (Wildman–Crippen LogP) is 4.69. The second kappa shape index (κ2) is 6.71. The highest BCUT2D eigenvalue weighted by atomic mass is 35.5. The molecule has 124 valence electrons. The Hall–Kier alpha value is -2.24. The van der Waals surface area contributed by atoms with E-state index >= 15 is 0 Å². The summed E-state index contributed by atoms with van der Waals surface area (Å²) in [5.74, 6) is 0.665. The molecule has 0 saturated heterocycles. The monoisotopic (exact) mass is 361 g/mol. The number of halogens is 1. The zero-order valence-electron chi connectivity index (χ0n) is 13.0. The van der Waals surface area contributed by atoms with Gasteiger partial charge in [0, 0.05) is 21.5 Å². The van der Waals surface area contributed by atoms with Gasteiger partial charge in [-0.15, -0.1) is 0 Å². The highest BCUT2D eigenvalue weighted by molar-refractivity contribution is 7.93. The molecule has 6 heteroatoms. The van der Waals surface area contributed by atoms with Gasteiger partial charge in [0.15, 0.2) is 0 Å². The van der Waals surface area contributed by atoms with Gasteiger partial charge in [0.25, 0.3) is 10.0 Å². The Bertz CT molecular complexity index is 969. The van der Waals surface area contributed by atoms with Crippen molar-refractivity contribution < 1.29 is 13.2 Å². The molecule has 0 fully saturated rings. The normalized spacial score (nSPS) is 11.4. The van der Waals surface area contributed by atoms with Crippen LogP contribution in [0.1, 0.15) is 6.92 Å². The van der Waals surface area contributed by atoms with Crippen LogP contribution in [0, 0.1) is 0 Å². The first-order valence-corrected chi connectivity index (χ1v) is 9.30. The van der Waals surface area contributed by atoms with Crippen molar-refractivity contribution in [2.45, 2.75) is 11.8 Å². The Morgan fingerprint density at radius 3 is 2.29 bits per heavy atom. The van der Waals surface area contributed by atoms with Gasteiger partial charge in [-0.05, 0) is 43.3 Å². The molecule has 0 unspecified atom stereocenters. The van der Waals surface area contributed by atoms with Crippen molar-refractivity contribution in [1.82, 2.24) is 0 Å². The number of benzene rings is 3. The Morgan fingerprint density at radius 1 is 0.958 bits per heavy atom. The van der Waals surface area contributed by atoms with Crippen LogP contribution in [0.15, 0.2) is 65.6 Å². The van der Waals surface area contributed by atoms with E-state index in [0.717, 1.165) is 5.39 Å². The molecule has 3 aromatic carbocycles. The summed E-state index contributed by atoms with van der Waals surface area (Å²) in [6.07, 6.45) is 0. The Balaban J connectivity index is 2.08. The van der Waals surface area contributed by atoms with Crippen LogP contribution < -0.4 is 9.46 Å². The third-order valence-electron chi connectivity index (χ3n) is 3.53. The molecule has 0 bridgehead atoms. The van der Waals surface area contributed by atoms with Crippen LogP contribution in [0.3, 0.4) is 0 Å². The molecule has 0 aliphatic carbocycles. The van der Waals surface area contributed by atoms with Crippen molar-refractivity contribution in [2.24, 2.45) is 0 Å². The molecule has 0 radical (unpaired) electrons. The summed E-state index contributed by atoms with van der Waals surface area (Å²) in [5, 5.41) is 1.92. The van der Waals surface area contributed by atoms with Crippen LogP contribution in [0.4, 0.5) is 5.69 Å². The number of ether oxygens (including phenoxy) is 1. The highest BCUT2D eigenvalue weighted by Gasteiger charge is 2.19. The van der Waals surface area contributed by atoms with Crippen molar-refractivity contribution in [3.05, 3.63) is 65.7 Å². The third-order valence-corrected chi connectivity index (χ3v) is 5.22. The molecule has 3 rings (SSSR count). The van der Waals surface area contributed by atoms with Crippen LogP contribution in [0.2, 0.25) is 5.02 Å². The first kappa shape index (κ1) is 16.6. The minimum atomic E-state index is -3.73. The molecule has 0 aromatic heterocycles.